The van der Waals surface area contributed by atoms with Crippen LogP contribution in [0.2, 0.25) is 0 Å². The fourth-order valence-electron chi connectivity index (χ4n) is 7.55. The van der Waals surface area contributed by atoms with E-state index in [0.717, 1.165) is 33.6 Å². The summed E-state index contributed by atoms with van der Waals surface area (Å²) < 4.78 is 11.4. The van der Waals surface area contributed by atoms with Crippen molar-refractivity contribution in [2.45, 2.75) is 78.6 Å². The van der Waals surface area contributed by atoms with Gasteiger partial charge in [-0.2, -0.15) is 12.1 Å². The maximum Gasteiger partial charge on any atom is 0.135 e. The SMILES string of the molecule is CC(C)(C)c1cc(N2C=CN(c3[c-]c(Oc4[c-]c5c(cc4)c4ccc6sc7ccccc7c6c4n5-c4cc(C(C)(C)C)ccn4)ccc3)[CH-]2)cc(C(C)(C)C)c1.[Pt]. The first-order valence-electron chi connectivity index (χ1n) is 19.4. The summed E-state index contributed by atoms with van der Waals surface area (Å²) in [6.07, 6.45) is 6.10. The predicted molar refractivity (Wildman–Crippen MR) is 237 cm³/mol. The molecule has 3 aromatic heterocycles. The van der Waals surface area contributed by atoms with Gasteiger partial charge in [-0.3, -0.25) is 0 Å². The molecule has 7 heteroatoms. The first-order valence-corrected chi connectivity index (χ1v) is 20.2. The predicted octanol–water partition coefficient (Wildman–Crippen LogP) is 13.7. The molecule has 0 atom stereocenters. The standard InChI is InChI=1S/C50H47N4OS.Pt/c1-48(2,3)32-21-22-51-45(28-32)54-42-30-38(17-18-39(42)40-19-20-44-46(47(40)54)41-15-10-11-16-43(41)56-44)55-37-14-12-13-35(29-37)52-23-24-53(31-52)36-26-33(49(4,5)6)25-34(27-36)50(7,8)9;/h10-28,31H,1-9H3;/q-3;. The second-order valence-electron chi connectivity index (χ2n) is 18.0. The number of ether oxygens (including phenoxy) is 1. The van der Waals surface area contributed by atoms with Crippen molar-refractivity contribution in [2.75, 3.05) is 9.80 Å². The minimum absolute atomic E-state index is 0. The minimum Gasteiger partial charge on any atom is -0.509 e. The number of anilines is 2. The Morgan fingerprint density at radius 2 is 1.30 bits per heavy atom. The van der Waals surface area contributed by atoms with Crippen LogP contribution in [-0.2, 0) is 37.3 Å². The maximum atomic E-state index is 6.59. The third-order valence-corrected chi connectivity index (χ3v) is 12.0. The van der Waals surface area contributed by atoms with E-state index in [1.54, 1.807) is 0 Å². The van der Waals surface area contributed by atoms with E-state index in [1.165, 1.54) is 42.2 Å². The second-order valence-corrected chi connectivity index (χ2v) is 19.1. The first kappa shape index (κ1) is 38.9. The van der Waals surface area contributed by atoms with Crippen LogP contribution < -0.4 is 14.5 Å². The van der Waals surface area contributed by atoms with E-state index in [0.29, 0.717) is 11.5 Å². The smallest absolute Gasteiger partial charge is 0.135 e. The molecular formula is C50H47N4OPtS-3. The van der Waals surface area contributed by atoms with E-state index < -0.39 is 0 Å². The van der Waals surface area contributed by atoms with Crippen molar-refractivity contribution in [1.29, 1.82) is 0 Å². The molecule has 8 aromatic rings. The zero-order chi connectivity index (χ0) is 39.1. The molecule has 0 aliphatic carbocycles. The minimum atomic E-state index is -0.0372. The van der Waals surface area contributed by atoms with E-state index in [4.69, 9.17) is 9.72 Å². The molecule has 5 nitrogen and oxygen atoms in total. The Bertz CT molecular complexity index is 2810. The molecule has 0 radical (unpaired) electrons. The Labute approximate surface area is 354 Å². The van der Waals surface area contributed by atoms with Gasteiger partial charge >= 0.3 is 0 Å². The van der Waals surface area contributed by atoms with Gasteiger partial charge in [-0.25, -0.2) is 4.98 Å². The molecule has 292 valence electrons. The van der Waals surface area contributed by atoms with E-state index in [-0.39, 0.29) is 37.3 Å². The van der Waals surface area contributed by atoms with Gasteiger partial charge in [0.25, 0.3) is 0 Å². The molecule has 57 heavy (non-hydrogen) atoms. The maximum absolute atomic E-state index is 6.59. The number of aromatic nitrogens is 2. The molecule has 5 aromatic carbocycles. The van der Waals surface area contributed by atoms with E-state index >= 15 is 0 Å². The molecule has 9 rings (SSSR count). The number of thiophene rings is 1. The van der Waals surface area contributed by atoms with Gasteiger partial charge in [-0.05, 0) is 87.1 Å². The summed E-state index contributed by atoms with van der Waals surface area (Å²) in [7, 11) is 0. The fourth-order valence-corrected chi connectivity index (χ4v) is 8.66. The van der Waals surface area contributed by atoms with Crippen LogP contribution in [-0.4, -0.2) is 9.55 Å². The van der Waals surface area contributed by atoms with Crippen LogP contribution in [0.4, 0.5) is 11.4 Å². The topological polar surface area (TPSA) is 33.5 Å². The van der Waals surface area contributed by atoms with Gasteiger partial charge in [0.1, 0.15) is 5.82 Å². The normalized spacial score (nSPS) is 13.7. The zero-order valence-electron chi connectivity index (χ0n) is 34.0. The fraction of sp³-hybridized carbons (Fsp3) is 0.240. The van der Waals surface area contributed by atoms with Crippen LogP contribution in [0.25, 0.3) is 47.8 Å². The van der Waals surface area contributed by atoms with Crippen molar-refractivity contribution in [3.05, 3.63) is 151 Å². The molecule has 0 unspecified atom stereocenters. The van der Waals surface area contributed by atoms with Gasteiger partial charge in [0, 0.05) is 64.6 Å². The largest absolute Gasteiger partial charge is 0.509 e. The Hall–Kier alpha value is -4.90. The van der Waals surface area contributed by atoms with Crippen molar-refractivity contribution in [3.63, 3.8) is 0 Å². The van der Waals surface area contributed by atoms with Gasteiger partial charge in [0.2, 0.25) is 0 Å². The number of rotatable bonds is 5. The van der Waals surface area contributed by atoms with E-state index in [9.17, 15) is 0 Å². The monoisotopic (exact) mass is 946 g/mol. The average Bonchev–Trinajstić information content (AvgIpc) is 3.88. The quantitative estimate of drug-likeness (QED) is 0.161. The van der Waals surface area contributed by atoms with Crippen LogP contribution in [0, 0.1) is 18.8 Å². The average molecular weight is 947 g/mol. The summed E-state index contributed by atoms with van der Waals surface area (Å²) in [5.41, 5.74) is 7.98. The molecule has 0 fully saturated rings. The van der Waals surface area contributed by atoms with Crippen molar-refractivity contribution in [3.8, 4) is 17.3 Å². The number of benzene rings is 5. The summed E-state index contributed by atoms with van der Waals surface area (Å²) in [4.78, 5) is 9.25. The molecule has 0 saturated carbocycles. The van der Waals surface area contributed by atoms with Crippen molar-refractivity contribution in [2.24, 2.45) is 0 Å². The van der Waals surface area contributed by atoms with Gasteiger partial charge < -0.3 is 19.1 Å². The van der Waals surface area contributed by atoms with E-state index in [1.807, 2.05) is 35.7 Å². The summed E-state index contributed by atoms with van der Waals surface area (Å²) in [6, 6.07) is 41.9. The third-order valence-electron chi connectivity index (χ3n) is 10.8. The number of hydrogen-bond acceptors (Lipinski definition) is 5. The zero-order valence-corrected chi connectivity index (χ0v) is 37.1. The van der Waals surface area contributed by atoms with Gasteiger partial charge in [-0.15, -0.1) is 59.4 Å². The Balaban J connectivity index is 0.00000455. The summed E-state index contributed by atoms with van der Waals surface area (Å²) in [6.45, 7) is 22.5. The molecule has 0 saturated heterocycles. The molecule has 1 aliphatic rings. The third kappa shape index (κ3) is 7.17. The molecular weight excluding hydrogens is 900 g/mol. The molecule has 4 heterocycles. The summed E-state index contributed by atoms with van der Waals surface area (Å²) in [5, 5.41) is 4.76. The second kappa shape index (κ2) is 14.2. The van der Waals surface area contributed by atoms with Crippen molar-refractivity contribution in [1.82, 2.24) is 9.55 Å². The first-order chi connectivity index (χ1) is 26.6. The Kier molecular flexibility index (Phi) is 9.69. The molecule has 0 N–H and O–H groups in total. The van der Waals surface area contributed by atoms with Crippen LogP contribution in [0.15, 0.2) is 116 Å². The van der Waals surface area contributed by atoms with Crippen LogP contribution in [0.3, 0.4) is 0 Å². The Morgan fingerprint density at radius 1 is 0.614 bits per heavy atom. The van der Waals surface area contributed by atoms with Crippen LogP contribution in [0.1, 0.15) is 79.0 Å². The molecule has 0 bridgehead atoms. The summed E-state index contributed by atoms with van der Waals surface area (Å²) in [5.74, 6) is 2.10. The number of nitrogens with zero attached hydrogens (tertiary/aromatic N) is 4. The molecule has 1 aliphatic heterocycles. The molecule has 0 amide bonds. The van der Waals surface area contributed by atoms with Gasteiger partial charge in [0.15, 0.2) is 0 Å². The van der Waals surface area contributed by atoms with Crippen molar-refractivity contribution < 1.29 is 25.8 Å². The van der Waals surface area contributed by atoms with Gasteiger partial charge in [-0.1, -0.05) is 98.2 Å². The number of fused-ring (bicyclic) bond motifs is 7. The van der Waals surface area contributed by atoms with Crippen LogP contribution >= 0.6 is 11.3 Å². The Morgan fingerprint density at radius 3 is 2.04 bits per heavy atom. The summed E-state index contributed by atoms with van der Waals surface area (Å²) >= 11 is 1.83. The van der Waals surface area contributed by atoms with Gasteiger partial charge in [0.05, 0.1) is 5.52 Å². The van der Waals surface area contributed by atoms with E-state index in [2.05, 4.69) is 187 Å². The van der Waals surface area contributed by atoms with Crippen molar-refractivity contribution >= 4 is 64.7 Å². The van der Waals surface area contributed by atoms with Crippen LogP contribution in [0.5, 0.6) is 11.5 Å². The molecule has 0 spiro atoms. The number of hydrogen-bond donors (Lipinski definition) is 0. The number of pyridine rings is 1.